The van der Waals surface area contributed by atoms with Crippen molar-refractivity contribution in [2.75, 3.05) is 13.7 Å². The zero-order chi connectivity index (χ0) is 17.6. The Balaban J connectivity index is 1.62. The van der Waals surface area contributed by atoms with Crippen molar-refractivity contribution in [2.24, 2.45) is 0 Å². The lowest BCUT2D eigenvalue weighted by atomic mass is 9.97. The van der Waals surface area contributed by atoms with Gasteiger partial charge in [0, 0.05) is 23.9 Å². The summed E-state index contributed by atoms with van der Waals surface area (Å²) in [4.78, 5) is 12.7. The number of rotatable bonds is 8. The summed E-state index contributed by atoms with van der Waals surface area (Å²) < 4.78 is 4.63. The molecule has 0 bridgehead atoms. The minimum atomic E-state index is -0.350. The Bertz CT molecular complexity index is 613. The molecule has 2 atom stereocenters. The summed E-state index contributed by atoms with van der Waals surface area (Å²) in [5.74, 6) is 0. The molecule has 4 nitrogen and oxygen atoms in total. The van der Waals surface area contributed by atoms with Crippen molar-refractivity contribution in [3.8, 4) is 0 Å². The average Bonchev–Trinajstić information content (AvgIpc) is 3.35. The Morgan fingerprint density at radius 3 is 2.76 bits per heavy atom. The van der Waals surface area contributed by atoms with Crippen LogP contribution in [0.15, 0.2) is 35.2 Å². The largest absolute Gasteiger partial charge is 0.453 e. The molecule has 1 amide bonds. The van der Waals surface area contributed by atoms with Crippen LogP contribution in [0.1, 0.15) is 44.6 Å². The lowest BCUT2D eigenvalue weighted by Gasteiger charge is -2.20. The van der Waals surface area contributed by atoms with Gasteiger partial charge in [-0.2, -0.15) is 0 Å². The van der Waals surface area contributed by atoms with Gasteiger partial charge in [0.15, 0.2) is 0 Å². The van der Waals surface area contributed by atoms with Gasteiger partial charge in [0.2, 0.25) is 0 Å². The highest BCUT2D eigenvalue weighted by atomic mass is 32.2. The van der Waals surface area contributed by atoms with Gasteiger partial charge >= 0.3 is 6.09 Å². The van der Waals surface area contributed by atoms with Crippen molar-refractivity contribution in [3.63, 3.8) is 0 Å². The summed E-state index contributed by atoms with van der Waals surface area (Å²) in [7, 11) is 1.40. The second-order valence-electron chi connectivity index (χ2n) is 6.88. The number of methoxy groups -OCH3 is 1. The topological polar surface area (TPSA) is 50.4 Å². The molecular formula is C20H28N2O2S. The number of ether oxygens (including phenoxy) is 1. The Kier molecular flexibility index (Phi) is 6.43. The van der Waals surface area contributed by atoms with Crippen LogP contribution in [0.25, 0.3) is 5.57 Å². The maximum Gasteiger partial charge on any atom is 0.406 e. The number of hydrogen-bond acceptors (Lipinski definition) is 4. The van der Waals surface area contributed by atoms with E-state index in [0.717, 1.165) is 25.3 Å². The Hall–Kier alpha value is -1.46. The molecule has 2 N–H and O–H groups in total. The van der Waals surface area contributed by atoms with Crippen molar-refractivity contribution < 1.29 is 9.53 Å². The number of carbonyl (C=O) groups excluding carboxylic acids is 1. The van der Waals surface area contributed by atoms with E-state index in [1.807, 2.05) is 11.8 Å². The molecule has 2 unspecified atom stereocenters. The first kappa shape index (κ1) is 18.3. The number of thioether (sulfide) groups is 1. The maximum absolute atomic E-state index is 11.2. The molecule has 1 fully saturated rings. The van der Waals surface area contributed by atoms with E-state index < -0.39 is 0 Å². The first-order chi connectivity index (χ1) is 12.2. The molecule has 1 heterocycles. The summed E-state index contributed by atoms with van der Waals surface area (Å²) in [6, 6.07) is 12.0. The van der Waals surface area contributed by atoms with Gasteiger partial charge in [0.1, 0.15) is 0 Å². The quantitative estimate of drug-likeness (QED) is 0.683. The number of benzene rings is 1. The molecule has 0 saturated heterocycles. The number of amides is 1. The zero-order valence-corrected chi connectivity index (χ0v) is 15.9. The molecule has 2 aliphatic rings. The van der Waals surface area contributed by atoms with Gasteiger partial charge in [-0.1, -0.05) is 30.3 Å². The lowest BCUT2D eigenvalue weighted by molar-refractivity contribution is 0.171. The molecule has 1 saturated carbocycles. The van der Waals surface area contributed by atoms with Crippen LogP contribution in [0.5, 0.6) is 0 Å². The van der Waals surface area contributed by atoms with Gasteiger partial charge in [0.25, 0.3) is 0 Å². The molecule has 3 rings (SSSR count). The Morgan fingerprint density at radius 2 is 2.08 bits per heavy atom. The summed E-state index contributed by atoms with van der Waals surface area (Å²) in [5.41, 5.74) is 2.82. The van der Waals surface area contributed by atoms with Gasteiger partial charge in [0.05, 0.1) is 7.11 Å². The summed E-state index contributed by atoms with van der Waals surface area (Å²) in [6.45, 7) is 2.97. The van der Waals surface area contributed by atoms with Crippen molar-refractivity contribution in [1.82, 2.24) is 10.6 Å². The molecular weight excluding hydrogens is 332 g/mol. The van der Waals surface area contributed by atoms with E-state index in [2.05, 4.69) is 52.6 Å². The fourth-order valence-corrected chi connectivity index (χ4v) is 4.76. The smallest absolute Gasteiger partial charge is 0.406 e. The third-order valence-electron chi connectivity index (χ3n) is 4.83. The number of alkyl carbamates (subject to hydrolysis) is 1. The second-order valence-corrected chi connectivity index (χ2v) is 8.21. The first-order valence-corrected chi connectivity index (χ1v) is 10.1. The van der Waals surface area contributed by atoms with E-state index in [0.29, 0.717) is 17.8 Å². The molecule has 1 aromatic rings. The van der Waals surface area contributed by atoms with Gasteiger partial charge in [-0.05, 0) is 55.1 Å². The molecule has 5 heteroatoms. The fourth-order valence-electron chi connectivity index (χ4n) is 3.26. The van der Waals surface area contributed by atoms with Crippen LogP contribution in [-0.4, -0.2) is 37.1 Å². The number of allylic oxidation sites excluding steroid dienone is 2. The third kappa shape index (κ3) is 5.25. The molecule has 1 aromatic carbocycles. The highest BCUT2D eigenvalue weighted by Crippen LogP contribution is 2.46. The van der Waals surface area contributed by atoms with Crippen molar-refractivity contribution in [1.29, 1.82) is 0 Å². The van der Waals surface area contributed by atoms with Crippen molar-refractivity contribution in [2.45, 2.75) is 56.4 Å². The maximum atomic E-state index is 11.2. The van der Waals surface area contributed by atoms with E-state index in [9.17, 15) is 4.79 Å². The second kappa shape index (κ2) is 8.77. The van der Waals surface area contributed by atoms with Gasteiger partial charge in [-0.3, -0.25) is 0 Å². The third-order valence-corrected chi connectivity index (χ3v) is 6.44. The van der Waals surface area contributed by atoms with Crippen LogP contribution in [0, 0.1) is 0 Å². The first-order valence-electron chi connectivity index (χ1n) is 9.19. The molecule has 1 aliphatic heterocycles. The van der Waals surface area contributed by atoms with E-state index in [1.165, 1.54) is 36.0 Å². The van der Waals surface area contributed by atoms with Crippen molar-refractivity contribution >= 4 is 23.4 Å². The van der Waals surface area contributed by atoms with Crippen LogP contribution in [0.2, 0.25) is 0 Å². The van der Waals surface area contributed by atoms with Gasteiger partial charge in [-0.25, -0.2) is 4.79 Å². The van der Waals surface area contributed by atoms with E-state index in [-0.39, 0.29) is 6.09 Å². The predicted octanol–water partition coefficient (Wildman–Crippen LogP) is 4.18. The fraction of sp³-hybridized carbons (Fsp3) is 0.550. The van der Waals surface area contributed by atoms with E-state index >= 15 is 0 Å². The minimum absolute atomic E-state index is 0.350. The van der Waals surface area contributed by atoms with Crippen molar-refractivity contribution in [3.05, 3.63) is 40.8 Å². The van der Waals surface area contributed by atoms with Crippen LogP contribution >= 0.6 is 11.8 Å². The normalized spacial score (nSPS) is 21.3. The highest BCUT2D eigenvalue weighted by molar-refractivity contribution is 8.04. The van der Waals surface area contributed by atoms with E-state index in [1.54, 1.807) is 0 Å². The van der Waals surface area contributed by atoms with Gasteiger partial charge < -0.3 is 15.4 Å². The SMILES string of the molecule is COC(=O)NCCCC1=C(c2ccccc2)CC(C(C)NC2CC2)S1. The zero-order valence-electron chi connectivity index (χ0n) is 15.1. The van der Waals surface area contributed by atoms with Gasteiger partial charge in [-0.15, -0.1) is 11.8 Å². The monoisotopic (exact) mass is 360 g/mol. The summed E-state index contributed by atoms with van der Waals surface area (Å²) in [6.07, 6.45) is 5.36. The summed E-state index contributed by atoms with van der Waals surface area (Å²) in [5, 5.41) is 7.13. The molecule has 0 radical (unpaired) electrons. The van der Waals surface area contributed by atoms with Crippen LogP contribution in [0.3, 0.4) is 0 Å². The molecule has 136 valence electrons. The predicted molar refractivity (Wildman–Crippen MR) is 105 cm³/mol. The number of nitrogens with one attached hydrogen (secondary N) is 2. The standard InChI is InChI=1S/C20H28N2O2S/c1-14(22-16-10-11-16)19-13-17(15-7-4-3-5-8-15)18(25-19)9-6-12-21-20(23)24-2/h3-5,7-8,14,16,19,22H,6,9-13H2,1-2H3,(H,21,23). The molecule has 0 aromatic heterocycles. The lowest BCUT2D eigenvalue weighted by Crippen LogP contribution is -2.36. The molecule has 25 heavy (non-hydrogen) atoms. The Labute approximate surface area is 154 Å². The van der Waals surface area contributed by atoms with Crippen LogP contribution < -0.4 is 10.6 Å². The molecule has 0 spiro atoms. The van der Waals surface area contributed by atoms with Crippen LogP contribution in [0.4, 0.5) is 4.79 Å². The average molecular weight is 361 g/mol. The number of carbonyl (C=O) groups is 1. The summed E-state index contributed by atoms with van der Waals surface area (Å²) >= 11 is 2.03. The minimum Gasteiger partial charge on any atom is -0.453 e. The highest BCUT2D eigenvalue weighted by Gasteiger charge is 2.32. The molecule has 1 aliphatic carbocycles. The van der Waals surface area contributed by atoms with E-state index in [4.69, 9.17) is 0 Å². The Morgan fingerprint density at radius 1 is 1.32 bits per heavy atom. The number of hydrogen-bond donors (Lipinski definition) is 2. The van der Waals surface area contributed by atoms with Crippen LogP contribution in [-0.2, 0) is 4.74 Å².